The van der Waals surface area contributed by atoms with Crippen LogP contribution in [0.5, 0.6) is 0 Å². The van der Waals surface area contributed by atoms with Crippen molar-refractivity contribution in [2.24, 2.45) is 11.7 Å². The Balaban J connectivity index is 4.23. The van der Waals surface area contributed by atoms with Crippen molar-refractivity contribution in [2.75, 3.05) is 14.1 Å². The number of hydrogen-bond donors (Lipinski definition) is 1. The lowest BCUT2D eigenvalue weighted by molar-refractivity contribution is 0.0685. The van der Waals surface area contributed by atoms with E-state index in [0.29, 0.717) is 5.92 Å². The van der Waals surface area contributed by atoms with Crippen LogP contribution in [0.2, 0.25) is 0 Å². The maximum atomic E-state index is 6.54. The van der Waals surface area contributed by atoms with Crippen LogP contribution in [0, 0.1) is 5.92 Å². The summed E-state index contributed by atoms with van der Waals surface area (Å²) in [6.45, 7) is 6.73. The minimum absolute atomic E-state index is 0.110. The topological polar surface area (TPSA) is 29.3 Å². The molecule has 16 heavy (non-hydrogen) atoms. The van der Waals surface area contributed by atoms with Gasteiger partial charge in [-0.1, -0.05) is 52.9 Å². The standard InChI is InChI=1S/C14H32N2/c1-6-9-10-11-12-13(7-2)14(15,8-3)16(4)5/h13H,6-12,15H2,1-5H3. The van der Waals surface area contributed by atoms with Crippen LogP contribution in [-0.4, -0.2) is 24.7 Å². The van der Waals surface area contributed by atoms with Gasteiger partial charge in [-0.2, -0.15) is 0 Å². The van der Waals surface area contributed by atoms with Crippen molar-refractivity contribution in [1.29, 1.82) is 0 Å². The van der Waals surface area contributed by atoms with E-state index in [1.165, 1.54) is 38.5 Å². The molecule has 0 saturated heterocycles. The molecule has 2 N–H and O–H groups in total. The third kappa shape index (κ3) is 4.42. The zero-order chi connectivity index (χ0) is 12.6. The second kappa shape index (κ2) is 8.08. The molecule has 0 amide bonds. The Morgan fingerprint density at radius 1 is 1.06 bits per heavy atom. The van der Waals surface area contributed by atoms with Gasteiger partial charge in [-0.05, 0) is 32.9 Å². The number of hydrogen-bond acceptors (Lipinski definition) is 2. The molecule has 0 aromatic carbocycles. The molecule has 0 aliphatic rings. The SMILES string of the molecule is CCCCCCC(CC)C(N)(CC)N(C)C. The average Bonchev–Trinajstić information content (AvgIpc) is 2.28. The summed E-state index contributed by atoms with van der Waals surface area (Å²) >= 11 is 0. The Bertz CT molecular complexity index is 168. The average molecular weight is 228 g/mol. The molecule has 0 aromatic rings. The minimum Gasteiger partial charge on any atom is -0.313 e. The third-order valence-electron chi connectivity index (χ3n) is 4.00. The molecule has 0 rings (SSSR count). The second-order valence-corrected chi connectivity index (χ2v) is 5.19. The fraction of sp³-hybridized carbons (Fsp3) is 1.00. The predicted molar refractivity (Wildman–Crippen MR) is 73.4 cm³/mol. The Morgan fingerprint density at radius 2 is 1.69 bits per heavy atom. The summed E-state index contributed by atoms with van der Waals surface area (Å²) < 4.78 is 0. The molecule has 2 unspecified atom stereocenters. The lowest BCUT2D eigenvalue weighted by Crippen LogP contribution is -2.57. The molecular formula is C14H32N2. The molecule has 0 aromatic heterocycles. The Kier molecular flexibility index (Phi) is 8.04. The highest BCUT2D eigenvalue weighted by atomic mass is 15.2. The van der Waals surface area contributed by atoms with Crippen molar-refractivity contribution >= 4 is 0 Å². The van der Waals surface area contributed by atoms with Crippen LogP contribution in [0.1, 0.15) is 65.7 Å². The Labute approximate surface area is 103 Å². The van der Waals surface area contributed by atoms with Gasteiger partial charge in [-0.3, -0.25) is 4.90 Å². The zero-order valence-electron chi connectivity index (χ0n) is 12.1. The molecule has 0 heterocycles. The van der Waals surface area contributed by atoms with Crippen LogP contribution in [0.3, 0.4) is 0 Å². The highest BCUT2D eigenvalue weighted by molar-refractivity contribution is 4.86. The van der Waals surface area contributed by atoms with Crippen LogP contribution in [0.15, 0.2) is 0 Å². The summed E-state index contributed by atoms with van der Waals surface area (Å²) in [4.78, 5) is 2.21. The first kappa shape index (κ1) is 15.9. The van der Waals surface area contributed by atoms with Gasteiger partial charge in [0, 0.05) is 0 Å². The van der Waals surface area contributed by atoms with E-state index < -0.39 is 0 Å². The van der Waals surface area contributed by atoms with Crippen LogP contribution in [0.4, 0.5) is 0 Å². The fourth-order valence-electron chi connectivity index (χ4n) is 2.60. The highest BCUT2D eigenvalue weighted by Crippen LogP contribution is 2.28. The predicted octanol–water partition coefficient (Wildman–Crippen LogP) is 3.61. The lowest BCUT2D eigenvalue weighted by Gasteiger charge is -2.42. The van der Waals surface area contributed by atoms with E-state index in [1.54, 1.807) is 0 Å². The summed E-state index contributed by atoms with van der Waals surface area (Å²) in [5.74, 6) is 0.629. The van der Waals surface area contributed by atoms with Crippen LogP contribution in [0.25, 0.3) is 0 Å². The minimum atomic E-state index is -0.110. The number of nitrogens with two attached hydrogens (primary N) is 1. The van der Waals surface area contributed by atoms with Crippen molar-refractivity contribution < 1.29 is 0 Å². The first-order chi connectivity index (χ1) is 7.52. The summed E-state index contributed by atoms with van der Waals surface area (Å²) in [7, 11) is 4.22. The highest BCUT2D eigenvalue weighted by Gasteiger charge is 2.33. The van der Waals surface area contributed by atoms with Gasteiger partial charge >= 0.3 is 0 Å². The molecule has 2 atom stereocenters. The maximum Gasteiger partial charge on any atom is 0.0708 e. The molecular weight excluding hydrogens is 196 g/mol. The van der Waals surface area contributed by atoms with E-state index in [9.17, 15) is 0 Å². The summed E-state index contributed by atoms with van der Waals surface area (Å²) in [6, 6.07) is 0. The van der Waals surface area contributed by atoms with Gasteiger partial charge in [-0.25, -0.2) is 0 Å². The van der Waals surface area contributed by atoms with E-state index in [4.69, 9.17) is 5.73 Å². The molecule has 0 aliphatic heterocycles. The number of rotatable bonds is 9. The van der Waals surface area contributed by atoms with Gasteiger partial charge in [-0.15, -0.1) is 0 Å². The zero-order valence-corrected chi connectivity index (χ0v) is 12.1. The second-order valence-electron chi connectivity index (χ2n) is 5.19. The van der Waals surface area contributed by atoms with E-state index in [2.05, 4.69) is 39.8 Å². The van der Waals surface area contributed by atoms with E-state index in [1.807, 2.05) is 0 Å². The Morgan fingerprint density at radius 3 is 2.06 bits per heavy atom. The van der Waals surface area contributed by atoms with Gasteiger partial charge in [0.2, 0.25) is 0 Å². The first-order valence-corrected chi connectivity index (χ1v) is 6.99. The lowest BCUT2D eigenvalue weighted by atomic mass is 9.83. The fourth-order valence-corrected chi connectivity index (χ4v) is 2.60. The molecule has 0 spiro atoms. The van der Waals surface area contributed by atoms with Gasteiger partial charge in [0.15, 0.2) is 0 Å². The first-order valence-electron chi connectivity index (χ1n) is 6.99. The summed E-state index contributed by atoms with van der Waals surface area (Å²) in [5.41, 5.74) is 6.43. The molecule has 0 saturated carbocycles. The quantitative estimate of drug-likeness (QED) is 0.482. The van der Waals surface area contributed by atoms with Crippen LogP contribution >= 0.6 is 0 Å². The molecule has 0 fully saturated rings. The van der Waals surface area contributed by atoms with Crippen molar-refractivity contribution in [2.45, 2.75) is 71.4 Å². The monoisotopic (exact) mass is 228 g/mol. The number of unbranched alkanes of at least 4 members (excludes halogenated alkanes) is 3. The number of nitrogens with zero attached hydrogens (tertiary/aromatic N) is 1. The molecule has 0 radical (unpaired) electrons. The summed E-state index contributed by atoms with van der Waals surface area (Å²) in [5, 5.41) is 0. The van der Waals surface area contributed by atoms with Crippen LogP contribution in [-0.2, 0) is 0 Å². The van der Waals surface area contributed by atoms with Gasteiger partial charge < -0.3 is 5.73 Å². The van der Waals surface area contributed by atoms with E-state index in [0.717, 1.165) is 6.42 Å². The van der Waals surface area contributed by atoms with Gasteiger partial charge in [0.25, 0.3) is 0 Å². The van der Waals surface area contributed by atoms with Crippen LogP contribution < -0.4 is 5.73 Å². The van der Waals surface area contributed by atoms with Crippen molar-refractivity contribution in [3.8, 4) is 0 Å². The smallest absolute Gasteiger partial charge is 0.0708 e. The van der Waals surface area contributed by atoms with Crippen molar-refractivity contribution in [3.05, 3.63) is 0 Å². The van der Waals surface area contributed by atoms with Crippen molar-refractivity contribution in [1.82, 2.24) is 4.90 Å². The van der Waals surface area contributed by atoms with Gasteiger partial charge in [0.05, 0.1) is 5.66 Å². The van der Waals surface area contributed by atoms with Crippen molar-refractivity contribution in [3.63, 3.8) is 0 Å². The largest absolute Gasteiger partial charge is 0.313 e. The molecule has 2 nitrogen and oxygen atoms in total. The van der Waals surface area contributed by atoms with Gasteiger partial charge in [0.1, 0.15) is 0 Å². The molecule has 0 bridgehead atoms. The molecule has 0 aliphatic carbocycles. The van der Waals surface area contributed by atoms with E-state index >= 15 is 0 Å². The third-order valence-corrected chi connectivity index (χ3v) is 4.00. The van der Waals surface area contributed by atoms with E-state index in [-0.39, 0.29) is 5.66 Å². The molecule has 98 valence electrons. The Hall–Kier alpha value is -0.0800. The molecule has 2 heteroatoms. The normalized spacial score (nSPS) is 17.4. The maximum absolute atomic E-state index is 6.54. The summed E-state index contributed by atoms with van der Waals surface area (Å²) in [6.07, 6.45) is 8.87.